The Morgan fingerprint density at radius 3 is 3.11 bits per heavy atom. The monoisotopic (exact) mass is 275 g/mol. The van der Waals surface area contributed by atoms with Gasteiger partial charge in [-0.25, -0.2) is 0 Å². The van der Waals surface area contributed by atoms with Crippen LogP contribution in [0, 0.1) is 5.41 Å². The van der Waals surface area contributed by atoms with Gasteiger partial charge in [0.05, 0.1) is 16.8 Å². The van der Waals surface area contributed by atoms with E-state index in [1.54, 1.807) is 11.3 Å². The van der Waals surface area contributed by atoms with Crippen LogP contribution in [0.15, 0.2) is 23.7 Å². The molecule has 1 aliphatic rings. The van der Waals surface area contributed by atoms with Gasteiger partial charge >= 0.3 is 0 Å². The Hall–Kier alpha value is -1.13. The molecule has 1 aliphatic carbocycles. The van der Waals surface area contributed by atoms with Gasteiger partial charge in [-0.3, -0.25) is 5.10 Å². The molecule has 0 saturated heterocycles. The molecule has 0 spiro atoms. The minimum atomic E-state index is 0.505. The van der Waals surface area contributed by atoms with E-state index in [4.69, 9.17) is 0 Å². The maximum absolute atomic E-state index is 4.19. The second-order valence-electron chi connectivity index (χ2n) is 6.23. The number of nitrogens with one attached hydrogen (secondary N) is 2. The highest BCUT2D eigenvalue weighted by Gasteiger charge is 2.30. The zero-order chi connectivity index (χ0) is 13.3. The second-order valence-corrected chi connectivity index (χ2v) is 7.18. The lowest BCUT2D eigenvalue weighted by Gasteiger charge is -2.17. The van der Waals surface area contributed by atoms with E-state index < -0.39 is 0 Å². The number of aromatic amines is 1. The SMILES string of the molecule is CC1(C)CCC(NCc2cn[nH]c2-c2cccs2)C1. The second kappa shape index (κ2) is 5.10. The van der Waals surface area contributed by atoms with Crippen LogP contribution in [-0.4, -0.2) is 16.2 Å². The Morgan fingerprint density at radius 2 is 2.42 bits per heavy atom. The van der Waals surface area contributed by atoms with Crippen LogP contribution in [0.1, 0.15) is 38.7 Å². The number of aromatic nitrogens is 2. The molecule has 19 heavy (non-hydrogen) atoms. The molecule has 1 saturated carbocycles. The van der Waals surface area contributed by atoms with Crippen molar-refractivity contribution in [2.45, 2.75) is 45.7 Å². The summed E-state index contributed by atoms with van der Waals surface area (Å²) < 4.78 is 0. The lowest BCUT2D eigenvalue weighted by molar-refractivity contribution is 0.364. The molecule has 1 fully saturated rings. The smallest absolute Gasteiger partial charge is 0.0794 e. The van der Waals surface area contributed by atoms with Gasteiger partial charge in [-0.1, -0.05) is 19.9 Å². The number of rotatable bonds is 4. The van der Waals surface area contributed by atoms with Crippen molar-refractivity contribution in [1.29, 1.82) is 0 Å². The van der Waals surface area contributed by atoms with Crippen molar-refractivity contribution in [3.05, 3.63) is 29.3 Å². The van der Waals surface area contributed by atoms with Crippen molar-refractivity contribution in [3.8, 4) is 10.6 Å². The number of thiophene rings is 1. The molecule has 2 N–H and O–H groups in total. The first-order chi connectivity index (χ1) is 9.14. The molecule has 0 aromatic carbocycles. The van der Waals surface area contributed by atoms with Gasteiger partial charge in [0.1, 0.15) is 0 Å². The fourth-order valence-electron chi connectivity index (χ4n) is 2.94. The van der Waals surface area contributed by atoms with Crippen LogP contribution in [0.4, 0.5) is 0 Å². The van der Waals surface area contributed by atoms with Gasteiger partial charge in [0, 0.05) is 18.2 Å². The Morgan fingerprint density at radius 1 is 1.53 bits per heavy atom. The third kappa shape index (κ3) is 2.90. The number of hydrogen-bond acceptors (Lipinski definition) is 3. The average molecular weight is 275 g/mol. The molecule has 0 radical (unpaired) electrons. The molecule has 0 aliphatic heterocycles. The van der Waals surface area contributed by atoms with E-state index in [9.17, 15) is 0 Å². The summed E-state index contributed by atoms with van der Waals surface area (Å²) >= 11 is 1.75. The van der Waals surface area contributed by atoms with Crippen LogP contribution < -0.4 is 5.32 Å². The summed E-state index contributed by atoms with van der Waals surface area (Å²) in [5.74, 6) is 0. The van der Waals surface area contributed by atoms with Gasteiger partial charge in [0.25, 0.3) is 0 Å². The molecular weight excluding hydrogens is 254 g/mol. The molecule has 1 atom stereocenters. The topological polar surface area (TPSA) is 40.7 Å². The van der Waals surface area contributed by atoms with E-state index >= 15 is 0 Å². The minimum Gasteiger partial charge on any atom is -0.310 e. The highest BCUT2D eigenvalue weighted by atomic mass is 32.1. The molecule has 0 bridgehead atoms. The Balaban J connectivity index is 1.64. The summed E-state index contributed by atoms with van der Waals surface area (Å²) in [7, 11) is 0. The summed E-state index contributed by atoms with van der Waals surface area (Å²) in [6.45, 7) is 5.64. The van der Waals surface area contributed by atoms with Crippen LogP contribution >= 0.6 is 11.3 Å². The van der Waals surface area contributed by atoms with E-state index in [-0.39, 0.29) is 0 Å². The van der Waals surface area contributed by atoms with E-state index in [1.165, 1.54) is 35.4 Å². The van der Waals surface area contributed by atoms with Gasteiger partial charge in [-0.05, 0) is 36.1 Å². The van der Waals surface area contributed by atoms with Crippen molar-refractivity contribution >= 4 is 11.3 Å². The molecule has 4 heteroatoms. The van der Waals surface area contributed by atoms with Crippen molar-refractivity contribution in [2.24, 2.45) is 5.41 Å². The molecule has 102 valence electrons. The lowest BCUT2D eigenvalue weighted by atomic mass is 9.92. The molecule has 2 heterocycles. The van der Waals surface area contributed by atoms with Gasteiger partial charge in [-0.2, -0.15) is 5.10 Å². The van der Waals surface area contributed by atoms with Crippen molar-refractivity contribution < 1.29 is 0 Å². The molecular formula is C15H21N3S. The number of nitrogens with zero attached hydrogens (tertiary/aromatic N) is 1. The summed E-state index contributed by atoms with van der Waals surface area (Å²) in [6.07, 6.45) is 5.84. The predicted molar refractivity (Wildman–Crippen MR) is 80.2 cm³/mol. The number of hydrogen-bond donors (Lipinski definition) is 2. The van der Waals surface area contributed by atoms with Crippen LogP contribution in [0.25, 0.3) is 10.6 Å². The van der Waals surface area contributed by atoms with Crippen LogP contribution in [0.2, 0.25) is 0 Å². The molecule has 3 nitrogen and oxygen atoms in total. The van der Waals surface area contributed by atoms with E-state index in [0.717, 1.165) is 6.54 Å². The minimum absolute atomic E-state index is 0.505. The first-order valence-corrected chi connectivity index (χ1v) is 7.81. The van der Waals surface area contributed by atoms with Crippen LogP contribution in [0.5, 0.6) is 0 Å². The first-order valence-electron chi connectivity index (χ1n) is 6.94. The maximum atomic E-state index is 4.19. The highest BCUT2D eigenvalue weighted by Crippen LogP contribution is 2.37. The summed E-state index contributed by atoms with van der Waals surface area (Å²) in [5.41, 5.74) is 2.94. The highest BCUT2D eigenvalue weighted by molar-refractivity contribution is 7.13. The van der Waals surface area contributed by atoms with E-state index in [1.807, 2.05) is 6.20 Å². The average Bonchev–Trinajstić information content (AvgIpc) is 3.04. The normalized spacial score (nSPS) is 21.9. The first kappa shape index (κ1) is 12.9. The predicted octanol–water partition coefficient (Wildman–Crippen LogP) is 3.81. The summed E-state index contributed by atoms with van der Waals surface area (Å²) in [4.78, 5) is 1.26. The fourth-order valence-corrected chi connectivity index (χ4v) is 3.70. The molecule has 0 amide bonds. The molecule has 2 aromatic heterocycles. The van der Waals surface area contributed by atoms with Gasteiger partial charge in [-0.15, -0.1) is 11.3 Å². The number of H-pyrrole nitrogens is 1. The largest absolute Gasteiger partial charge is 0.310 e. The standard InChI is InChI=1S/C15H21N3S/c1-15(2)6-5-12(8-15)16-9-11-10-17-18-14(11)13-4-3-7-19-13/h3-4,7,10,12,16H,5-6,8-9H2,1-2H3,(H,17,18). The summed E-state index contributed by atoms with van der Waals surface area (Å²) in [5, 5.41) is 13.1. The quantitative estimate of drug-likeness (QED) is 0.891. The van der Waals surface area contributed by atoms with Crippen molar-refractivity contribution in [3.63, 3.8) is 0 Å². The van der Waals surface area contributed by atoms with E-state index in [0.29, 0.717) is 11.5 Å². The lowest BCUT2D eigenvalue weighted by Crippen LogP contribution is -2.26. The molecule has 1 unspecified atom stereocenters. The Kier molecular flexibility index (Phi) is 3.46. The molecule has 2 aromatic rings. The van der Waals surface area contributed by atoms with Gasteiger partial charge in [0.2, 0.25) is 0 Å². The van der Waals surface area contributed by atoms with E-state index in [2.05, 4.69) is 46.9 Å². The van der Waals surface area contributed by atoms with Crippen molar-refractivity contribution in [2.75, 3.05) is 0 Å². The zero-order valence-electron chi connectivity index (χ0n) is 11.6. The third-order valence-corrected chi connectivity index (χ3v) is 4.92. The van der Waals surface area contributed by atoms with Crippen molar-refractivity contribution in [1.82, 2.24) is 15.5 Å². The van der Waals surface area contributed by atoms with Crippen LogP contribution in [0.3, 0.4) is 0 Å². The summed E-state index contributed by atoms with van der Waals surface area (Å²) in [6, 6.07) is 4.87. The zero-order valence-corrected chi connectivity index (χ0v) is 12.4. The van der Waals surface area contributed by atoms with Gasteiger partial charge in [0.15, 0.2) is 0 Å². The Labute approximate surface area is 118 Å². The fraction of sp³-hybridized carbons (Fsp3) is 0.533. The molecule has 3 rings (SSSR count). The van der Waals surface area contributed by atoms with Crippen LogP contribution in [-0.2, 0) is 6.54 Å². The van der Waals surface area contributed by atoms with Gasteiger partial charge < -0.3 is 5.32 Å². The maximum Gasteiger partial charge on any atom is 0.0794 e. The third-order valence-electron chi connectivity index (χ3n) is 4.04. The Bertz CT molecular complexity index is 527.